The SMILES string of the molecule is Cc1ccc(NC(=O)/C=C/c2ccc(C3CC3C)o2)nc1. The van der Waals surface area contributed by atoms with Gasteiger partial charge in [0.25, 0.3) is 0 Å². The number of carbonyl (C=O) groups is 1. The fraction of sp³-hybridized carbons (Fsp3) is 0.294. The molecule has 2 aromatic rings. The molecular formula is C17H18N2O2. The third-order valence-corrected chi connectivity index (χ3v) is 3.68. The lowest BCUT2D eigenvalue weighted by molar-refractivity contribution is -0.111. The monoisotopic (exact) mass is 282 g/mol. The molecule has 1 amide bonds. The van der Waals surface area contributed by atoms with E-state index in [9.17, 15) is 4.79 Å². The Morgan fingerprint density at radius 3 is 2.86 bits per heavy atom. The number of pyridine rings is 1. The molecule has 0 aliphatic heterocycles. The number of amides is 1. The van der Waals surface area contributed by atoms with Crippen LogP contribution < -0.4 is 5.32 Å². The van der Waals surface area contributed by atoms with Crippen LogP contribution in [0.2, 0.25) is 0 Å². The van der Waals surface area contributed by atoms with Gasteiger partial charge in [0, 0.05) is 18.2 Å². The molecule has 1 aliphatic rings. The average Bonchev–Trinajstić information content (AvgIpc) is 3.01. The van der Waals surface area contributed by atoms with Gasteiger partial charge in [0.05, 0.1) is 0 Å². The van der Waals surface area contributed by atoms with E-state index in [1.54, 1.807) is 18.3 Å². The topological polar surface area (TPSA) is 55.1 Å². The molecule has 1 aliphatic carbocycles. The van der Waals surface area contributed by atoms with Crippen molar-refractivity contribution in [2.24, 2.45) is 5.92 Å². The Kier molecular flexibility index (Phi) is 3.60. The molecule has 3 rings (SSSR count). The molecule has 0 spiro atoms. The lowest BCUT2D eigenvalue weighted by atomic mass is 10.3. The molecule has 1 fully saturated rings. The van der Waals surface area contributed by atoms with Crippen molar-refractivity contribution in [1.82, 2.24) is 4.98 Å². The first-order chi connectivity index (χ1) is 10.1. The van der Waals surface area contributed by atoms with Crippen molar-refractivity contribution < 1.29 is 9.21 Å². The molecule has 0 radical (unpaired) electrons. The van der Waals surface area contributed by atoms with Crippen molar-refractivity contribution in [3.05, 3.63) is 53.6 Å². The normalized spacial score (nSPS) is 20.7. The predicted molar refractivity (Wildman–Crippen MR) is 81.9 cm³/mol. The summed E-state index contributed by atoms with van der Waals surface area (Å²) >= 11 is 0. The van der Waals surface area contributed by atoms with Crippen molar-refractivity contribution in [3.8, 4) is 0 Å². The van der Waals surface area contributed by atoms with Gasteiger partial charge in [0.1, 0.15) is 17.3 Å². The first kappa shape index (κ1) is 13.6. The number of hydrogen-bond acceptors (Lipinski definition) is 3. The van der Waals surface area contributed by atoms with Crippen LogP contribution in [0.5, 0.6) is 0 Å². The third-order valence-electron chi connectivity index (χ3n) is 3.68. The van der Waals surface area contributed by atoms with E-state index in [0.29, 0.717) is 23.4 Å². The summed E-state index contributed by atoms with van der Waals surface area (Å²) in [6, 6.07) is 7.57. The van der Waals surface area contributed by atoms with E-state index in [-0.39, 0.29) is 5.91 Å². The number of anilines is 1. The zero-order valence-electron chi connectivity index (χ0n) is 12.2. The minimum absolute atomic E-state index is 0.218. The number of aryl methyl sites for hydroxylation is 1. The van der Waals surface area contributed by atoms with Crippen LogP contribution >= 0.6 is 0 Å². The third kappa shape index (κ3) is 3.40. The van der Waals surface area contributed by atoms with Crippen LogP contribution in [0.4, 0.5) is 5.82 Å². The van der Waals surface area contributed by atoms with Gasteiger partial charge in [-0.2, -0.15) is 0 Å². The molecule has 2 aromatic heterocycles. The Balaban J connectivity index is 1.58. The molecule has 1 N–H and O–H groups in total. The average molecular weight is 282 g/mol. The molecule has 2 atom stereocenters. The van der Waals surface area contributed by atoms with Crippen molar-refractivity contribution in [2.75, 3.05) is 5.32 Å². The fourth-order valence-corrected chi connectivity index (χ4v) is 2.24. The van der Waals surface area contributed by atoms with Gasteiger partial charge >= 0.3 is 0 Å². The van der Waals surface area contributed by atoms with Crippen LogP contribution in [0.3, 0.4) is 0 Å². The minimum Gasteiger partial charge on any atom is -0.461 e. The first-order valence-electron chi connectivity index (χ1n) is 7.13. The van der Waals surface area contributed by atoms with Crippen LogP contribution in [-0.2, 0) is 4.79 Å². The summed E-state index contributed by atoms with van der Waals surface area (Å²) in [7, 11) is 0. The predicted octanol–water partition coefficient (Wildman–Crippen LogP) is 3.76. The van der Waals surface area contributed by atoms with Crippen molar-refractivity contribution in [1.29, 1.82) is 0 Å². The van der Waals surface area contributed by atoms with E-state index in [1.165, 1.54) is 12.5 Å². The Morgan fingerprint density at radius 1 is 1.38 bits per heavy atom. The van der Waals surface area contributed by atoms with E-state index in [0.717, 1.165) is 11.3 Å². The number of aromatic nitrogens is 1. The Hall–Kier alpha value is -2.36. The zero-order valence-corrected chi connectivity index (χ0v) is 12.2. The molecule has 2 heterocycles. The number of furan rings is 1. The van der Waals surface area contributed by atoms with E-state index in [4.69, 9.17) is 4.42 Å². The second-order valence-corrected chi connectivity index (χ2v) is 5.60. The summed E-state index contributed by atoms with van der Waals surface area (Å²) in [5.74, 6) is 3.31. The first-order valence-corrected chi connectivity index (χ1v) is 7.13. The Labute approximate surface area is 123 Å². The lowest BCUT2D eigenvalue weighted by Crippen LogP contribution is -2.08. The van der Waals surface area contributed by atoms with E-state index in [2.05, 4.69) is 17.2 Å². The van der Waals surface area contributed by atoms with Gasteiger partial charge < -0.3 is 9.73 Å². The van der Waals surface area contributed by atoms with Gasteiger partial charge in [-0.1, -0.05) is 13.0 Å². The van der Waals surface area contributed by atoms with Crippen molar-refractivity contribution in [2.45, 2.75) is 26.2 Å². The van der Waals surface area contributed by atoms with Gasteiger partial charge in [-0.3, -0.25) is 4.79 Å². The highest BCUT2D eigenvalue weighted by Crippen LogP contribution is 2.47. The van der Waals surface area contributed by atoms with Crippen LogP contribution in [0, 0.1) is 12.8 Å². The molecule has 21 heavy (non-hydrogen) atoms. The molecule has 0 saturated heterocycles. The minimum atomic E-state index is -0.218. The maximum atomic E-state index is 11.8. The zero-order chi connectivity index (χ0) is 14.8. The molecular weight excluding hydrogens is 264 g/mol. The van der Waals surface area contributed by atoms with E-state index >= 15 is 0 Å². The smallest absolute Gasteiger partial charge is 0.249 e. The summed E-state index contributed by atoms with van der Waals surface area (Å²) in [4.78, 5) is 15.9. The number of nitrogens with one attached hydrogen (secondary N) is 1. The molecule has 2 unspecified atom stereocenters. The van der Waals surface area contributed by atoms with Crippen molar-refractivity contribution in [3.63, 3.8) is 0 Å². The van der Waals surface area contributed by atoms with Gasteiger partial charge in [0.2, 0.25) is 5.91 Å². The molecule has 1 saturated carbocycles. The lowest BCUT2D eigenvalue weighted by Gasteiger charge is -2.00. The Bertz CT molecular complexity index is 670. The summed E-state index contributed by atoms with van der Waals surface area (Å²) in [5, 5.41) is 2.71. The largest absolute Gasteiger partial charge is 0.461 e. The summed E-state index contributed by atoms with van der Waals surface area (Å²) < 4.78 is 5.71. The van der Waals surface area contributed by atoms with Gasteiger partial charge in [0.15, 0.2) is 0 Å². The summed E-state index contributed by atoms with van der Waals surface area (Å²) in [5.41, 5.74) is 1.06. The van der Waals surface area contributed by atoms with Crippen molar-refractivity contribution >= 4 is 17.8 Å². The highest BCUT2D eigenvalue weighted by atomic mass is 16.3. The maximum Gasteiger partial charge on any atom is 0.249 e. The van der Waals surface area contributed by atoms with Gasteiger partial charge in [-0.15, -0.1) is 0 Å². The van der Waals surface area contributed by atoms with E-state index < -0.39 is 0 Å². The Morgan fingerprint density at radius 2 is 2.19 bits per heavy atom. The van der Waals surface area contributed by atoms with Gasteiger partial charge in [-0.05, 0) is 49.1 Å². The van der Waals surface area contributed by atoms with Crippen LogP contribution in [0.1, 0.15) is 36.3 Å². The second kappa shape index (κ2) is 5.56. The quantitative estimate of drug-likeness (QED) is 0.869. The van der Waals surface area contributed by atoms with Crippen LogP contribution in [0.25, 0.3) is 6.08 Å². The fourth-order valence-electron chi connectivity index (χ4n) is 2.24. The highest BCUT2D eigenvalue weighted by molar-refractivity contribution is 6.01. The van der Waals surface area contributed by atoms with Crippen LogP contribution in [0.15, 0.2) is 41.0 Å². The molecule has 108 valence electrons. The molecule has 4 nitrogen and oxygen atoms in total. The molecule has 0 aromatic carbocycles. The number of nitrogens with zero attached hydrogens (tertiary/aromatic N) is 1. The second-order valence-electron chi connectivity index (χ2n) is 5.60. The standard InChI is InChI=1S/C17H18N2O2/c1-11-3-7-16(18-10-11)19-17(20)8-5-13-4-6-15(21-13)14-9-12(14)2/h3-8,10,12,14H,9H2,1-2H3,(H,18,19,20)/b8-5+. The summed E-state index contributed by atoms with van der Waals surface area (Å²) in [6.45, 7) is 4.17. The van der Waals surface area contributed by atoms with Gasteiger partial charge in [-0.25, -0.2) is 4.98 Å². The van der Waals surface area contributed by atoms with E-state index in [1.807, 2.05) is 25.1 Å². The number of hydrogen-bond donors (Lipinski definition) is 1. The maximum absolute atomic E-state index is 11.8. The number of rotatable bonds is 4. The highest BCUT2D eigenvalue weighted by Gasteiger charge is 2.36. The van der Waals surface area contributed by atoms with Crippen LogP contribution in [-0.4, -0.2) is 10.9 Å². The summed E-state index contributed by atoms with van der Waals surface area (Å²) in [6.07, 6.45) is 6.05. The molecule has 0 bridgehead atoms. The molecule has 4 heteroatoms. The number of carbonyl (C=O) groups excluding carboxylic acids is 1.